The van der Waals surface area contributed by atoms with E-state index >= 15 is 0 Å². The van der Waals surface area contributed by atoms with Crippen molar-refractivity contribution in [3.63, 3.8) is 0 Å². The molecule has 0 radical (unpaired) electrons. The largest absolute Gasteiger partial charge is 0.493 e. The third-order valence-electron chi connectivity index (χ3n) is 7.75. The topological polar surface area (TPSA) is 97.6 Å². The molecule has 0 N–H and O–H groups in total. The second-order valence-electron chi connectivity index (χ2n) is 10.8. The van der Waals surface area contributed by atoms with E-state index in [1.165, 1.54) is 34.6 Å². The van der Waals surface area contributed by atoms with Crippen molar-refractivity contribution in [3.8, 4) is 23.0 Å². The van der Waals surface area contributed by atoms with Crippen LogP contribution in [0.5, 0.6) is 23.0 Å². The van der Waals surface area contributed by atoms with Gasteiger partial charge in [-0.3, -0.25) is 9.36 Å². The number of nitrogens with zero attached hydrogens (tertiary/aromatic N) is 2. The fourth-order valence-corrected chi connectivity index (χ4v) is 7.34. The van der Waals surface area contributed by atoms with Gasteiger partial charge < -0.3 is 23.7 Å². The summed E-state index contributed by atoms with van der Waals surface area (Å²) < 4.78 is 31.5. The molecule has 11 heteroatoms. The van der Waals surface area contributed by atoms with Gasteiger partial charge in [-0.05, 0) is 100 Å². The van der Waals surface area contributed by atoms with Crippen LogP contribution in [-0.2, 0) is 16.1 Å². The van der Waals surface area contributed by atoms with Crippen LogP contribution in [0.25, 0.3) is 16.8 Å². The number of hydrogen-bond acceptors (Lipinski definition) is 9. The Bertz CT molecular complexity index is 2220. The van der Waals surface area contributed by atoms with Gasteiger partial charge in [-0.15, -0.1) is 0 Å². The third-order valence-corrected chi connectivity index (χ3v) is 9.55. The number of halogens is 1. The summed E-state index contributed by atoms with van der Waals surface area (Å²) in [6.45, 7) is 5.02. The zero-order valence-corrected chi connectivity index (χ0v) is 29.8. The molecule has 1 atom stereocenters. The smallest absolute Gasteiger partial charge is 0.337 e. The molecule has 0 saturated heterocycles. The minimum Gasteiger partial charge on any atom is -0.493 e. The van der Waals surface area contributed by atoms with Gasteiger partial charge in [-0.25, -0.2) is 9.79 Å². The predicted molar refractivity (Wildman–Crippen MR) is 194 cm³/mol. The SMILES string of the molecule is CCOc1ccc([C@@H]2C(C(=O)OC)=CN=c3s/c(=C\c4cc(I)c(OCc5ccc6ccccc6c5)c(OC)c4)c(=O)n32)cc1OCC. The molecular weight excluding hydrogens is 743 g/mol. The van der Waals surface area contributed by atoms with Gasteiger partial charge in [0.05, 0.1) is 47.2 Å². The lowest BCUT2D eigenvalue weighted by atomic mass is 9.97. The molecule has 9 nitrogen and oxygen atoms in total. The van der Waals surface area contributed by atoms with Crippen molar-refractivity contribution in [1.82, 2.24) is 4.57 Å². The van der Waals surface area contributed by atoms with Crippen LogP contribution in [-0.4, -0.2) is 38.0 Å². The van der Waals surface area contributed by atoms with E-state index in [0.29, 0.717) is 57.7 Å². The molecule has 1 aromatic heterocycles. The molecule has 0 fully saturated rings. The summed E-state index contributed by atoms with van der Waals surface area (Å²) in [7, 11) is 2.90. The Morgan fingerprint density at radius 1 is 0.917 bits per heavy atom. The van der Waals surface area contributed by atoms with Gasteiger partial charge in [0.1, 0.15) is 6.61 Å². The molecule has 0 amide bonds. The van der Waals surface area contributed by atoms with Gasteiger partial charge in [0.15, 0.2) is 27.8 Å². The zero-order valence-electron chi connectivity index (χ0n) is 26.8. The molecule has 5 aromatic rings. The maximum Gasteiger partial charge on any atom is 0.337 e. The quantitative estimate of drug-likeness (QED) is 0.117. The maximum absolute atomic E-state index is 14.1. The molecule has 2 heterocycles. The summed E-state index contributed by atoms with van der Waals surface area (Å²) in [6, 6.07) is 22.9. The van der Waals surface area contributed by atoms with E-state index in [1.54, 1.807) is 25.3 Å². The minimum absolute atomic E-state index is 0.229. The van der Waals surface area contributed by atoms with Crippen LogP contribution in [0.4, 0.5) is 0 Å². The van der Waals surface area contributed by atoms with E-state index in [0.717, 1.165) is 20.1 Å². The lowest BCUT2D eigenvalue weighted by molar-refractivity contribution is -0.136. The number of ether oxygens (including phenoxy) is 5. The second kappa shape index (κ2) is 14.7. The molecule has 48 heavy (non-hydrogen) atoms. The molecule has 6 rings (SSSR count). The first kappa shape index (κ1) is 33.3. The lowest BCUT2D eigenvalue weighted by Gasteiger charge is -2.23. The highest BCUT2D eigenvalue weighted by atomic mass is 127. The van der Waals surface area contributed by atoms with Crippen molar-refractivity contribution in [2.24, 2.45) is 4.99 Å². The summed E-state index contributed by atoms with van der Waals surface area (Å²) in [5, 5.41) is 2.32. The first-order valence-electron chi connectivity index (χ1n) is 15.3. The van der Waals surface area contributed by atoms with Crippen LogP contribution < -0.4 is 33.8 Å². The fraction of sp³-hybridized carbons (Fsp3) is 0.216. The van der Waals surface area contributed by atoms with Gasteiger partial charge >= 0.3 is 5.97 Å². The van der Waals surface area contributed by atoms with Crippen molar-refractivity contribution in [2.75, 3.05) is 27.4 Å². The first-order valence-corrected chi connectivity index (χ1v) is 17.2. The molecule has 246 valence electrons. The summed E-state index contributed by atoms with van der Waals surface area (Å²) in [5.74, 6) is 1.68. The average molecular weight is 777 g/mol. The number of benzene rings is 4. The fourth-order valence-electron chi connectivity index (χ4n) is 5.59. The Balaban J connectivity index is 1.36. The van der Waals surface area contributed by atoms with Crippen LogP contribution >= 0.6 is 33.9 Å². The lowest BCUT2D eigenvalue weighted by Crippen LogP contribution is -2.39. The van der Waals surface area contributed by atoms with E-state index in [2.05, 4.69) is 57.9 Å². The van der Waals surface area contributed by atoms with Gasteiger partial charge in [0.2, 0.25) is 0 Å². The molecule has 1 aliphatic rings. The second-order valence-corrected chi connectivity index (χ2v) is 12.9. The van der Waals surface area contributed by atoms with Gasteiger partial charge in [-0.1, -0.05) is 53.8 Å². The summed E-state index contributed by atoms with van der Waals surface area (Å²) >= 11 is 3.45. The highest BCUT2D eigenvalue weighted by Crippen LogP contribution is 2.36. The third kappa shape index (κ3) is 6.70. The molecular formula is C37H33IN2O7S. The maximum atomic E-state index is 14.1. The van der Waals surface area contributed by atoms with Gasteiger partial charge in [0.25, 0.3) is 5.56 Å². The highest BCUT2D eigenvalue weighted by molar-refractivity contribution is 14.1. The molecule has 0 saturated carbocycles. The number of aromatic nitrogens is 1. The molecule has 0 spiro atoms. The van der Waals surface area contributed by atoms with E-state index in [9.17, 15) is 9.59 Å². The first-order chi connectivity index (χ1) is 23.3. The van der Waals surface area contributed by atoms with Crippen molar-refractivity contribution >= 4 is 56.7 Å². The monoisotopic (exact) mass is 776 g/mol. The predicted octanol–water partition coefficient (Wildman–Crippen LogP) is 6.16. The Morgan fingerprint density at radius 2 is 1.69 bits per heavy atom. The number of rotatable bonds is 11. The highest BCUT2D eigenvalue weighted by Gasteiger charge is 2.31. The standard InChI is InChI=1S/C37H33IN2O7S/c1-5-45-29-14-13-26(19-30(29)46-6-2)33-27(36(42)44-4)20-39-37-40(33)35(41)32(48-37)18-23-16-28(38)34(31(17-23)43-3)47-21-22-11-12-24-9-7-8-10-25(24)15-22/h7-20,33H,5-6,21H2,1-4H3/b32-18-/t33-/m1/s1. The molecule has 0 bridgehead atoms. The minimum atomic E-state index is -0.786. The van der Waals surface area contributed by atoms with E-state index in [1.807, 2.05) is 44.2 Å². The Labute approximate surface area is 294 Å². The number of methoxy groups -OCH3 is 2. The molecule has 0 aliphatic carbocycles. The van der Waals surface area contributed by atoms with Crippen LogP contribution in [0.3, 0.4) is 0 Å². The Kier molecular flexibility index (Phi) is 10.2. The zero-order chi connectivity index (χ0) is 33.8. The number of hydrogen-bond donors (Lipinski definition) is 0. The van der Waals surface area contributed by atoms with Crippen LogP contribution in [0, 0.1) is 3.57 Å². The van der Waals surface area contributed by atoms with Gasteiger partial charge in [0, 0.05) is 6.20 Å². The van der Waals surface area contributed by atoms with Crippen LogP contribution in [0.1, 0.15) is 36.6 Å². The van der Waals surface area contributed by atoms with E-state index in [-0.39, 0.29) is 11.1 Å². The summed E-state index contributed by atoms with van der Waals surface area (Å²) in [6.07, 6.45) is 3.26. The van der Waals surface area contributed by atoms with E-state index in [4.69, 9.17) is 23.7 Å². The summed E-state index contributed by atoms with van der Waals surface area (Å²) in [4.78, 5) is 32.0. The van der Waals surface area contributed by atoms with Gasteiger partial charge in [-0.2, -0.15) is 0 Å². The average Bonchev–Trinajstić information content (AvgIpc) is 3.41. The van der Waals surface area contributed by atoms with E-state index < -0.39 is 12.0 Å². The number of carbonyl (C=O) groups is 1. The molecule has 1 aliphatic heterocycles. The van der Waals surface area contributed by atoms with Crippen molar-refractivity contribution in [2.45, 2.75) is 26.5 Å². The Morgan fingerprint density at radius 3 is 2.44 bits per heavy atom. The normalized spacial score (nSPS) is 14.1. The number of fused-ring (bicyclic) bond motifs is 2. The number of esters is 1. The van der Waals surface area contributed by atoms with Crippen molar-refractivity contribution in [1.29, 1.82) is 0 Å². The summed E-state index contributed by atoms with van der Waals surface area (Å²) in [5.41, 5.74) is 2.38. The van der Waals surface area contributed by atoms with Crippen molar-refractivity contribution in [3.05, 3.63) is 125 Å². The van der Waals surface area contributed by atoms with Crippen LogP contribution in [0.15, 0.2) is 94.4 Å². The van der Waals surface area contributed by atoms with Crippen molar-refractivity contribution < 1.29 is 28.5 Å². The molecule has 4 aromatic carbocycles. The Hall–Kier alpha value is -4.62. The number of carbonyl (C=O) groups excluding carboxylic acids is 1. The number of thiazole rings is 1. The van der Waals surface area contributed by atoms with Crippen LogP contribution in [0.2, 0.25) is 0 Å². The molecule has 0 unspecified atom stereocenters.